The van der Waals surface area contributed by atoms with Crippen LogP contribution in [0.1, 0.15) is 37.3 Å². The molecule has 2 nitrogen and oxygen atoms in total. The Hall–Kier alpha value is -1.78. The average Bonchev–Trinajstić information content (AvgIpc) is 2.81. The van der Waals surface area contributed by atoms with Crippen molar-refractivity contribution in [1.29, 1.82) is 0 Å². The molecule has 0 saturated carbocycles. The highest BCUT2D eigenvalue weighted by Crippen LogP contribution is 2.37. The maximum Gasteiger partial charge on any atom is 0.417 e. The summed E-state index contributed by atoms with van der Waals surface area (Å²) in [7, 11) is 0. The van der Waals surface area contributed by atoms with Gasteiger partial charge < -0.3 is 4.42 Å². The lowest BCUT2D eigenvalue weighted by molar-refractivity contribution is -0.137. The second-order valence-corrected chi connectivity index (χ2v) is 4.54. The average molecular weight is 283 g/mol. The van der Waals surface area contributed by atoms with E-state index in [0.29, 0.717) is 18.6 Å². The molecule has 0 bridgehead atoms. The molecule has 0 fully saturated rings. The molecule has 0 unspecified atom stereocenters. The molecule has 0 amide bonds. The monoisotopic (exact) mass is 283 g/mol. The third-order valence-corrected chi connectivity index (χ3v) is 3.05. The molecule has 0 radical (unpaired) electrons. The van der Waals surface area contributed by atoms with Crippen LogP contribution < -0.4 is 0 Å². The summed E-state index contributed by atoms with van der Waals surface area (Å²) in [5.74, 6) is 0.719. The number of oxazole rings is 1. The Morgan fingerprint density at radius 1 is 1.15 bits per heavy atom. The van der Waals surface area contributed by atoms with E-state index in [2.05, 4.69) is 4.98 Å². The van der Waals surface area contributed by atoms with Gasteiger partial charge >= 0.3 is 6.18 Å². The number of hydrogen-bond acceptors (Lipinski definition) is 2. The van der Waals surface area contributed by atoms with Gasteiger partial charge in [-0.3, -0.25) is 0 Å². The molecule has 0 N–H and O–H groups in total. The molecule has 1 aromatic carbocycles. The molecule has 2 aromatic rings. The van der Waals surface area contributed by atoms with Crippen LogP contribution in [0.3, 0.4) is 0 Å². The standard InChI is InChI=1S/C15H16F3NO/c1-3-7-12-13(4-2)20-14(19-12)10-8-5-6-9-11(10)15(16,17)18/h5-6,8-9H,3-4,7H2,1-2H3. The van der Waals surface area contributed by atoms with Crippen LogP contribution in [0.15, 0.2) is 28.7 Å². The van der Waals surface area contributed by atoms with Crippen molar-refractivity contribution in [3.8, 4) is 11.5 Å². The summed E-state index contributed by atoms with van der Waals surface area (Å²) in [4.78, 5) is 4.25. The van der Waals surface area contributed by atoms with Gasteiger partial charge in [0.15, 0.2) is 0 Å². The van der Waals surface area contributed by atoms with Crippen molar-refractivity contribution in [3.05, 3.63) is 41.3 Å². The van der Waals surface area contributed by atoms with Crippen LogP contribution in [0.2, 0.25) is 0 Å². The summed E-state index contributed by atoms with van der Waals surface area (Å²) in [5, 5.41) is 0. The van der Waals surface area contributed by atoms with Crippen molar-refractivity contribution in [1.82, 2.24) is 4.98 Å². The molecular formula is C15H16F3NO. The van der Waals surface area contributed by atoms with Gasteiger partial charge in [0.05, 0.1) is 11.3 Å². The third-order valence-electron chi connectivity index (χ3n) is 3.05. The van der Waals surface area contributed by atoms with Gasteiger partial charge in [-0.05, 0) is 18.6 Å². The molecule has 0 spiro atoms. The largest absolute Gasteiger partial charge is 0.441 e. The van der Waals surface area contributed by atoms with Gasteiger partial charge in [0.1, 0.15) is 5.76 Å². The predicted octanol–water partition coefficient (Wildman–Crippen LogP) is 4.88. The van der Waals surface area contributed by atoms with Crippen LogP contribution in [0, 0.1) is 0 Å². The lowest BCUT2D eigenvalue weighted by Crippen LogP contribution is -2.06. The zero-order chi connectivity index (χ0) is 14.8. The predicted molar refractivity (Wildman–Crippen MR) is 70.3 cm³/mol. The first kappa shape index (κ1) is 14.6. The first-order valence-electron chi connectivity index (χ1n) is 6.62. The normalized spacial score (nSPS) is 11.8. The third kappa shape index (κ3) is 2.86. The van der Waals surface area contributed by atoms with Crippen LogP contribution in [-0.2, 0) is 19.0 Å². The van der Waals surface area contributed by atoms with Crippen molar-refractivity contribution in [2.75, 3.05) is 0 Å². The first-order valence-corrected chi connectivity index (χ1v) is 6.62. The van der Waals surface area contributed by atoms with Gasteiger partial charge in [-0.25, -0.2) is 4.98 Å². The van der Waals surface area contributed by atoms with Crippen LogP contribution in [0.25, 0.3) is 11.5 Å². The van der Waals surface area contributed by atoms with Gasteiger partial charge in [0, 0.05) is 12.0 Å². The molecule has 2 rings (SSSR count). The number of aromatic nitrogens is 1. The van der Waals surface area contributed by atoms with E-state index in [-0.39, 0.29) is 11.5 Å². The van der Waals surface area contributed by atoms with E-state index >= 15 is 0 Å². The molecule has 0 saturated heterocycles. The van der Waals surface area contributed by atoms with Crippen molar-refractivity contribution >= 4 is 0 Å². The lowest BCUT2D eigenvalue weighted by Gasteiger charge is -2.09. The number of halogens is 3. The smallest absolute Gasteiger partial charge is 0.417 e. The van der Waals surface area contributed by atoms with Crippen LogP contribution in [0.5, 0.6) is 0 Å². The zero-order valence-electron chi connectivity index (χ0n) is 11.4. The Morgan fingerprint density at radius 2 is 1.85 bits per heavy atom. The summed E-state index contributed by atoms with van der Waals surface area (Å²) in [6, 6.07) is 5.36. The van der Waals surface area contributed by atoms with Gasteiger partial charge in [-0.15, -0.1) is 0 Å². The minimum atomic E-state index is -4.41. The molecule has 108 valence electrons. The molecule has 5 heteroatoms. The van der Waals surface area contributed by atoms with Crippen molar-refractivity contribution in [2.45, 2.75) is 39.3 Å². The van der Waals surface area contributed by atoms with E-state index in [4.69, 9.17) is 4.42 Å². The topological polar surface area (TPSA) is 26.0 Å². The number of alkyl halides is 3. The maximum absolute atomic E-state index is 13.0. The molecule has 1 aromatic heterocycles. The summed E-state index contributed by atoms with van der Waals surface area (Å²) in [6.45, 7) is 3.90. The van der Waals surface area contributed by atoms with Gasteiger partial charge in [0.2, 0.25) is 5.89 Å². The van der Waals surface area contributed by atoms with Crippen molar-refractivity contribution in [2.24, 2.45) is 0 Å². The Labute approximate surface area is 115 Å². The van der Waals surface area contributed by atoms with Crippen molar-refractivity contribution in [3.63, 3.8) is 0 Å². The van der Waals surface area contributed by atoms with Gasteiger partial charge in [-0.1, -0.05) is 32.4 Å². The molecule has 20 heavy (non-hydrogen) atoms. The Kier molecular flexibility index (Phi) is 4.16. The van der Waals surface area contributed by atoms with Crippen LogP contribution in [0.4, 0.5) is 13.2 Å². The highest BCUT2D eigenvalue weighted by atomic mass is 19.4. The van der Waals surface area contributed by atoms with Crippen molar-refractivity contribution < 1.29 is 17.6 Å². The second-order valence-electron chi connectivity index (χ2n) is 4.54. The molecule has 1 heterocycles. The molecule has 0 aliphatic heterocycles. The lowest BCUT2D eigenvalue weighted by atomic mass is 10.1. The molecule has 0 aliphatic carbocycles. The number of nitrogens with zero attached hydrogens (tertiary/aromatic N) is 1. The minimum Gasteiger partial charge on any atom is -0.441 e. The number of hydrogen-bond donors (Lipinski definition) is 0. The maximum atomic E-state index is 13.0. The second kappa shape index (κ2) is 5.69. The highest BCUT2D eigenvalue weighted by molar-refractivity contribution is 5.60. The van der Waals surface area contributed by atoms with Crippen LogP contribution in [-0.4, -0.2) is 4.98 Å². The summed E-state index contributed by atoms with van der Waals surface area (Å²) >= 11 is 0. The summed E-state index contributed by atoms with van der Waals surface area (Å²) < 4.78 is 44.5. The Bertz CT molecular complexity index is 587. The molecule has 0 aliphatic rings. The number of aryl methyl sites for hydroxylation is 2. The highest BCUT2D eigenvalue weighted by Gasteiger charge is 2.34. The van der Waals surface area contributed by atoms with E-state index < -0.39 is 11.7 Å². The summed E-state index contributed by atoms with van der Waals surface area (Å²) in [6.07, 6.45) is -2.21. The number of rotatable bonds is 4. The fraction of sp³-hybridized carbons (Fsp3) is 0.400. The van der Waals surface area contributed by atoms with Gasteiger partial charge in [0.25, 0.3) is 0 Å². The van der Waals surface area contributed by atoms with Crippen LogP contribution >= 0.6 is 0 Å². The summed E-state index contributed by atoms with van der Waals surface area (Å²) in [5.41, 5.74) is 0.0333. The van der Waals surface area contributed by atoms with Gasteiger partial charge in [-0.2, -0.15) is 13.2 Å². The fourth-order valence-electron chi connectivity index (χ4n) is 2.12. The van der Waals surface area contributed by atoms with E-state index in [0.717, 1.165) is 18.2 Å². The van der Waals surface area contributed by atoms with E-state index in [1.807, 2.05) is 13.8 Å². The minimum absolute atomic E-state index is 0.00273. The Morgan fingerprint density at radius 3 is 2.45 bits per heavy atom. The molecule has 0 atom stereocenters. The van der Waals surface area contributed by atoms with E-state index in [1.54, 1.807) is 6.07 Å². The van der Waals surface area contributed by atoms with E-state index in [9.17, 15) is 13.2 Å². The zero-order valence-corrected chi connectivity index (χ0v) is 11.4. The SMILES string of the molecule is CCCc1nc(-c2ccccc2C(F)(F)F)oc1CC. The first-order chi connectivity index (χ1) is 9.47. The number of benzene rings is 1. The van der Waals surface area contributed by atoms with E-state index in [1.165, 1.54) is 12.1 Å². The Balaban J connectivity index is 2.52. The fourth-order valence-corrected chi connectivity index (χ4v) is 2.12. The molecular weight excluding hydrogens is 267 g/mol. The quantitative estimate of drug-likeness (QED) is 0.799.